The summed E-state index contributed by atoms with van der Waals surface area (Å²) in [6.45, 7) is 3.87. The van der Waals surface area contributed by atoms with Crippen molar-refractivity contribution in [1.82, 2.24) is 10.2 Å². The average Bonchev–Trinajstić information content (AvgIpc) is 2.75. The third kappa shape index (κ3) is 8.32. The summed E-state index contributed by atoms with van der Waals surface area (Å²) in [7, 11) is -3.78. The summed E-state index contributed by atoms with van der Waals surface area (Å²) in [6.07, 6.45) is 2.79. The first kappa shape index (κ1) is 27.1. The molecule has 180 valence electrons. The van der Waals surface area contributed by atoms with Crippen molar-refractivity contribution in [2.24, 2.45) is 0 Å². The van der Waals surface area contributed by atoms with Gasteiger partial charge in [-0.3, -0.25) is 13.9 Å². The van der Waals surface area contributed by atoms with Crippen LogP contribution >= 0.6 is 27.5 Å². The van der Waals surface area contributed by atoms with E-state index in [1.165, 1.54) is 11.0 Å². The molecule has 2 aromatic rings. The molecule has 0 saturated heterocycles. The van der Waals surface area contributed by atoms with E-state index >= 15 is 0 Å². The Morgan fingerprint density at radius 3 is 2.39 bits per heavy atom. The van der Waals surface area contributed by atoms with Gasteiger partial charge in [0, 0.05) is 22.6 Å². The molecule has 0 aliphatic rings. The Bertz CT molecular complexity index is 1060. The molecule has 0 spiro atoms. The number of nitrogens with zero attached hydrogens (tertiary/aromatic N) is 2. The lowest BCUT2D eigenvalue weighted by atomic mass is 10.1. The van der Waals surface area contributed by atoms with Crippen molar-refractivity contribution >= 4 is 55.1 Å². The number of benzene rings is 2. The topological polar surface area (TPSA) is 86.8 Å². The molecule has 10 heteroatoms. The maximum Gasteiger partial charge on any atom is 0.244 e. The second-order valence-electron chi connectivity index (χ2n) is 7.72. The number of anilines is 1. The van der Waals surface area contributed by atoms with Gasteiger partial charge in [-0.05, 0) is 49.2 Å². The molecule has 2 rings (SSSR count). The van der Waals surface area contributed by atoms with E-state index in [4.69, 9.17) is 11.6 Å². The molecule has 1 N–H and O–H groups in total. The lowest BCUT2D eigenvalue weighted by Gasteiger charge is -2.31. The van der Waals surface area contributed by atoms with Crippen molar-refractivity contribution in [1.29, 1.82) is 0 Å². The molecule has 2 amide bonds. The van der Waals surface area contributed by atoms with Crippen LogP contribution in [0.2, 0.25) is 5.02 Å². The van der Waals surface area contributed by atoms with Crippen LogP contribution in [0, 0.1) is 0 Å². The second kappa shape index (κ2) is 12.4. The number of amides is 2. The van der Waals surface area contributed by atoms with Crippen LogP contribution in [0.3, 0.4) is 0 Å². The zero-order chi connectivity index (χ0) is 24.6. The van der Waals surface area contributed by atoms with Gasteiger partial charge in [-0.15, -0.1) is 0 Å². The second-order valence-corrected chi connectivity index (χ2v) is 11.0. The Kier molecular flexibility index (Phi) is 10.2. The van der Waals surface area contributed by atoms with E-state index in [1.54, 1.807) is 25.1 Å². The lowest BCUT2D eigenvalue weighted by Crippen LogP contribution is -2.51. The van der Waals surface area contributed by atoms with Gasteiger partial charge in [0.2, 0.25) is 21.8 Å². The van der Waals surface area contributed by atoms with Crippen molar-refractivity contribution in [2.45, 2.75) is 39.3 Å². The summed E-state index contributed by atoms with van der Waals surface area (Å²) in [5.41, 5.74) is 1.09. The van der Waals surface area contributed by atoms with E-state index in [1.807, 2.05) is 31.2 Å². The van der Waals surface area contributed by atoms with Gasteiger partial charge < -0.3 is 10.2 Å². The van der Waals surface area contributed by atoms with E-state index < -0.39 is 28.5 Å². The van der Waals surface area contributed by atoms with Crippen LogP contribution in [-0.4, -0.2) is 50.5 Å². The molecule has 7 nitrogen and oxygen atoms in total. The zero-order valence-electron chi connectivity index (χ0n) is 18.9. The third-order valence-corrected chi connectivity index (χ3v) is 6.94. The molecule has 33 heavy (non-hydrogen) atoms. The summed E-state index contributed by atoms with van der Waals surface area (Å²) < 4.78 is 26.9. The highest BCUT2D eigenvalue weighted by molar-refractivity contribution is 9.10. The number of rotatable bonds is 11. The molecule has 0 heterocycles. The van der Waals surface area contributed by atoms with Crippen molar-refractivity contribution in [3.8, 4) is 0 Å². The Morgan fingerprint density at radius 2 is 1.82 bits per heavy atom. The van der Waals surface area contributed by atoms with Crippen molar-refractivity contribution in [3.05, 3.63) is 63.6 Å². The van der Waals surface area contributed by atoms with Gasteiger partial charge in [0.25, 0.3) is 0 Å². The smallest absolute Gasteiger partial charge is 0.244 e. The lowest BCUT2D eigenvalue weighted by molar-refractivity contribution is -0.139. The van der Waals surface area contributed by atoms with Crippen molar-refractivity contribution < 1.29 is 18.0 Å². The number of sulfonamides is 1. The molecule has 0 bridgehead atoms. The molecular weight excluding hydrogens is 530 g/mol. The average molecular weight is 559 g/mol. The van der Waals surface area contributed by atoms with E-state index in [9.17, 15) is 18.0 Å². The summed E-state index contributed by atoms with van der Waals surface area (Å²) in [4.78, 5) is 27.5. The number of carbonyl (C=O) groups excluding carboxylic acids is 2. The van der Waals surface area contributed by atoms with Gasteiger partial charge in [0.1, 0.15) is 12.6 Å². The first-order valence-electron chi connectivity index (χ1n) is 10.6. The quantitative estimate of drug-likeness (QED) is 0.419. The summed E-state index contributed by atoms with van der Waals surface area (Å²) >= 11 is 9.42. The summed E-state index contributed by atoms with van der Waals surface area (Å²) in [6, 6.07) is 12.9. The number of hydrogen-bond acceptors (Lipinski definition) is 4. The van der Waals surface area contributed by atoms with Crippen LogP contribution in [0.4, 0.5) is 5.69 Å². The monoisotopic (exact) mass is 557 g/mol. The molecule has 0 radical (unpaired) electrons. The fourth-order valence-corrected chi connectivity index (χ4v) is 4.44. The molecule has 2 aromatic carbocycles. The Hall–Kier alpha value is -2.10. The molecular formula is C23H29BrClN3O4S. The van der Waals surface area contributed by atoms with Crippen LogP contribution in [0.25, 0.3) is 0 Å². The molecule has 0 aromatic heterocycles. The highest BCUT2D eigenvalue weighted by Crippen LogP contribution is 2.22. The van der Waals surface area contributed by atoms with E-state index in [0.717, 1.165) is 33.4 Å². The molecule has 0 saturated carbocycles. The minimum absolute atomic E-state index is 0.154. The van der Waals surface area contributed by atoms with Crippen LogP contribution < -0.4 is 9.62 Å². The van der Waals surface area contributed by atoms with Gasteiger partial charge in [-0.25, -0.2) is 8.42 Å². The normalized spacial score (nSPS) is 12.2. The maximum absolute atomic E-state index is 13.4. The van der Waals surface area contributed by atoms with Crippen LogP contribution in [0.5, 0.6) is 0 Å². The number of nitrogens with one attached hydrogen (secondary N) is 1. The van der Waals surface area contributed by atoms with Gasteiger partial charge in [0.05, 0.1) is 11.9 Å². The number of hydrogen-bond donors (Lipinski definition) is 1. The summed E-state index contributed by atoms with van der Waals surface area (Å²) in [5, 5.41) is 3.20. The van der Waals surface area contributed by atoms with Crippen LogP contribution in [0.1, 0.15) is 32.3 Å². The van der Waals surface area contributed by atoms with Gasteiger partial charge in [0.15, 0.2) is 0 Å². The van der Waals surface area contributed by atoms with E-state index in [-0.39, 0.29) is 18.1 Å². The van der Waals surface area contributed by atoms with E-state index in [2.05, 4.69) is 21.2 Å². The number of carbonyl (C=O) groups is 2. The molecule has 1 atom stereocenters. The van der Waals surface area contributed by atoms with Crippen molar-refractivity contribution in [3.63, 3.8) is 0 Å². The molecule has 0 unspecified atom stereocenters. The Morgan fingerprint density at radius 1 is 1.15 bits per heavy atom. The SMILES string of the molecule is CCCCNC(=O)[C@H](C)N(Cc1ccc(Br)cc1)C(=O)CN(c1cccc(Cl)c1)S(C)(=O)=O. The van der Waals surface area contributed by atoms with Gasteiger partial charge in [-0.2, -0.15) is 0 Å². The third-order valence-electron chi connectivity index (χ3n) is 5.04. The summed E-state index contributed by atoms with van der Waals surface area (Å²) in [5.74, 6) is -0.788. The molecule has 0 aliphatic carbocycles. The van der Waals surface area contributed by atoms with Crippen LogP contribution in [0.15, 0.2) is 53.0 Å². The van der Waals surface area contributed by atoms with Gasteiger partial charge in [-0.1, -0.05) is 59.1 Å². The fraction of sp³-hybridized carbons (Fsp3) is 0.391. The van der Waals surface area contributed by atoms with Gasteiger partial charge >= 0.3 is 0 Å². The number of unbranched alkanes of at least 4 members (excludes halogenated alkanes) is 1. The minimum atomic E-state index is -3.78. The minimum Gasteiger partial charge on any atom is -0.354 e. The standard InChI is InChI=1S/C23H29BrClN3O4S/c1-4-5-13-26-23(30)17(2)27(15-18-9-11-19(24)12-10-18)22(29)16-28(33(3,31)32)21-8-6-7-20(25)14-21/h6-12,14,17H,4-5,13,15-16H2,1-3H3,(H,26,30)/t17-/m0/s1. The van der Waals surface area contributed by atoms with E-state index in [0.29, 0.717) is 11.6 Å². The molecule has 0 fully saturated rings. The number of halogens is 2. The Labute approximate surface area is 209 Å². The van der Waals surface area contributed by atoms with Crippen molar-refractivity contribution in [2.75, 3.05) is 23.7 Å². The first-order chi connectivity index (χ1) is 15.5. The van der Waals surface area contributed by atoms with Crippen LogP contribution in [-0.2, 0) is 26.2 Å². The highest BCUT2D eigenvalue weighted by Gasteiger charge is 2.30. The predicted octanol–water partition coefficient (Wildman–Crippen LogP) is 4.20. The highest BCUT2D eigenvalue weighted by atomic mass is 79.9. The maximum atomic E-state index is 13.4. The first-order valence-corrected chi connectivity index (χ1v) is 13.6. The largest absolute Gasteiger partial charge is 0.354 e. The zero-order valence-corrected chi connectivity index (χ0v) is 22.1. The molecule has 0 aliphatic heterocycles. The predicted molar refractivity (Wildman–Crippen MR) is 136 cm³/mol. The fourth-order valence-electron chi connectivity index (χ4n) is 3.15. The Balaban J connectivity index is 2.33.